The highest BCUT2D eigenvalue weighted by molar-refractivity contribution is 9.10. The zero-order valence-electron chi connectivity index (χ0n) is 11.7. The summed E-state index contributed by atoms with van der Waals surface area (Å²) in [5, 5.41) is 3.90. The van der Waals surface area contributed by atoms with Crippen LogP contribution in [-0.2, 0) is 4.79 Å². The molecule has 0 radical (unpaired) electrons. The Bertz CT molecular complexity index is 667. The van der Waals surface area contributed by atoms with Crippen LogP contribution >= 0.6 is 27.3 Å². The molecule has 0 aliphatic carbocycles. The van der Waals surface area contributed by atoms with Gasteiger partial charge in [-0.2, -0.15) is 5.10 Å². The Labute approximate surface area is 136 Å². The molecule has 1 amide bonds. The predicted octanol–water partition coefficient (Wildman–Crippen LogP) is 3.66. The average Bonchev–Trinajstić information content (AvgIpc) is 2.83. The quantitative estimate of drug-likeness (QED) is 0.648. The summed E-state index contributed by atoms with van der Waals surface area (Å²) in [6, 6.07) is 9.59. The number of ether oxygens (including phenoxy) is 1. The maximum atomic E-state index is 11.6. The van der Waals surface area contributed by atoms with Gasteiger partial charge in [-0.3, -0.25) is 4.79 Å². The Kier molecular flexibility index (Phi) is 5.52. The number of hydrazone groups is 1. The van der Waals surface area contributed by atoms with E-state index < -0.39 is 0 Å². The molecule has 6 heteroatoms. The van der Waals surface area contributed by atoms with E-state index in [0.717, 1.165) is 14.9 Å². The van der Waals surface area contributed by atoms with E-state index in [4.69, 9.17) is 4.74 Å². The van der Waals surface area contributed by atoms with Crippen LogP contribution in [0.15, 0.2) is 39.9 Å². The molecule has 0 spiro atoms. The van der Waals surface area contributed by atoms with Gasteiger partial charge in [-0.1, -0.05) is 15.9 Å². The number of hydrogen-bond donors (Lipinski definition) is 1. The summed E-state index contributed by atoms with van der Waals surface area (Å²) in [5.74, 6) is 0.396. The van der Waals surface area contributed by atoms with Crippen molar-refractivity contribution in [3.05, 3.63) is 50.1 Å². The molecule has 1 N–H and O–H groups in total. The molecule has 0 bridgehead atoms. The van der Waals surface area contributed by atoms with Crippen LogP contribution in [0.25, 0.3) is 0 Å². The maximum Gasteiger partial charge on any atom is 0.277 e. The van der Waals surface area contributed by atoms with Crippen LogP contribution in [0, 0.1) is 13.8 Å². The first-order valence-corrected chi connectivity index (χ1v) is 7.93. The van der Waals surface area contributed by atoms with Gasteiger partial charge >= 0.3 is 0 Å². The van der Waals surface area contributed by atoms with Gasteiger partial charge in [0.15, 0.2) is 6.61 Å². The molecule has 110 valence electrons. The van der Waals surface area contributed by atoms with Crippen molar-refractivity contribution in [1.29, 1.82) is 0 Å². The molecule has 0 aliphatic heterocycles. The topological polar surface area (TPSA) is 50.7 Å². The summed E-state index contributed by atoms with van der Waals surface area (Å²) in [7, 11) is 0. The van der Waals surface area contributed by atoms with Crippen LogP contribution in [0.2, 0.25) is 0 Å². The van der Waals surface area contributed by atoms with Crippen LogP contribution in [-0.4, -0.2) is 18.7 Å². The van der Waals surface area contributed by atoms with E-state index in [1.54, 1.807) is 17.6 Å². The van der Waals surface area contributed by atoms with Crippen molar-refractivity contribution in [1.82, 2.24) is 5.43 Å². The summed E-state index contributed by atoms with van der Waals surface area (Å²) in [6.45, 7) is 3.88. The van der Waals surface area contributed by atoms with Crippen molar-refractivity contribution < 1.29 is 9.53 Å². The third-order valence-electron chi connectivity index (χ3n) is 2.64. The highest BCUT2D eigenvalue weighted by Crippen LogP contribution is 2.21. The molecule has 0 saturated heterocycles. The first-order chi connectivity index (χ1) is 10.0. The molecule has 0 unspecified atom stereocenters. The van der Waals surface area contributed by atoms with Crippen molar-refractivity contribution in [3.63, 3.8) is 0 Å². The highest BCUT2D eigenvalue weighted by atomic mass is 79.9. The first-order valence-electron chi connectivity index (χ1n) is 6.32. The zero-order chi connectivity index (χ0) is 15.2. The second kappa shape index (κ2) is 7.38. The normalized spacial score (nSPS) is 10.8. The minimum absolute atomic E-state index is 0.0662. The van der Waals surface area contributed by atoms with E-state index in [9.17, 15) is 4.79 Å². The number of hydrogen-bond acceptors (Lipinski definition) is 4. The average molecular weight is 367 g/mol. The van der Waals surface area contributed by atoms with E-state index >= 15 is 0 Å². The minimum Gasteiger partial charge on any atom is -0.483 e. The van der Waals surface area contributed by atoms with Crippen LogP contribution in [0.1, 0.15) is 15.3 Å². The summed E-state index contributed by atoms with van der Waals surface area (Å²) in [5.41, 5.74) is 3.41. The molecule has 0 saturated carbocycles. The van der Waals surface area contributed by atoms with Crippen molar-refractivity contribution in [3.8, 4) is 5.75 Å². The second-order valence-electron chi connectivity index (χ2n) is 4.44. The lowest BCUT2D eigenvalue weighted by molar-refractivity contribution is -0.123. The molecular formula is C15H15BrN2O2S. The molecule has 0 fully saturated rings. The van der Waals surface area contributed by atoms with Gasteiger partial charge in [0, 0.05) is 14.2 Å². The van der Waals surface area contributed by atoms with Crippen LogP contribution in [0.3, 0.4) is 0 Å². The minimum atomic E-state index is -0.290. The molecule has 2 rings (SSSR count). The van der Waals surface area contributed by atoms with E-state index in [0.29, 0.717) is 5.75 Å². The fraction of sp³-hybridized carbons (Fsp3) is 0.200. The number of thiophene rings is 1. The van der Waals surface area contributed by atoms with E-state index in [1.807, 2.05) is 44.2 Å². The zero-order valence-corrected chi connectivity index (χ0v) is 14.1. The lowest BCUT2D eigenvalue weighted by Gasteiger charge is -2.08. The fourth-order valence-electron chi connectivity index (χ4n) is 1.64. The summed E-state index contributed by atoms with van der Waals surface area (Å²) in [4.78, 5) is 13.8. The largest absolute Gasteiger partial charge is 0.483 e. The molecule has 1 heterocycles. The third kappa shape index (κ3) is 4.99. The van der Waals surface area contributed by atoms with Crippen molar-refractivity contribution in [2.24, 2.45) is 5.10 Å². The van der Waals surface area contributed by atoms with Gasteiger partial charge < -0.3 is 4.74 Å². The second-order valence-corrected chi connectivity index (χ2v) is 6.68. The van der Waals surface area contributed by atoms with Gasteiger partial charge in [0.2, 0.25) is 0 Å². The fourth-order valence-corrected chi connectivity index (χ4v) is 2.87. The molecular weight excluding hydrogens is 352 g/mol. The standard InChI is InChI=1S/C15H15BrN2O2S/c1-10-7-12(16)4-6-14(10)20-9-15(19)18-17-8-13-5-3-11(2)21-13/h3-8H,9H2,1-2H3,(H,18,19)/b17-8+. The summed E-state index contributed by atoms with van der Waals surface area (Å²) < 4.78 is 6.44. The van der Waals surface area contributed by atoms with E-state index in [-0.39, 0.29) is 12.5 Å². The monoisotopic (exact) mass is 366 g/mol. The third-order valence-corrected chi connectivity index (χ3v) is 4.07. The van der Waals surface area contributed by atoms with Gasteiger partial charge in [0.05, 0.1) is 6.21 Å². The number of carbonyl (C=O) groups excluding carboxylic acids is 1. The molecule has 1 aromatic heterocycles. The number of aryl methyl sites for hydroxylation is 2. The molecule has 21 heavy (non-hydrogen) atoms. The Morgan fingerprint density at radius 1 is 1.38 bits per heavy atom. The predicted molar refractivity (Wildman–Crippen MR) is 89.2 cm³/mol. The van der Waals surface area contributed by atoms with Crippen LogP contribution in [0.5, 0.6) is 5.75 Å². The van der Waals surface area contributed by atoms with Gasteiger partial charge in [-0.05, 0) is 49.7 Å². The van der Waals surface area contributed by atoms with Crippen molar-refractivity contribution >= 4 is 39.4 Å². The van der Waals surface area contributed by atoms with Gasteiger partial charge in [0.25, 0.3) is 5.91 Å². The van der Waals surface area contributed by atoms with Crippen LogP contribution in [0.4, 0.5) is 0 Å². The lowest BCUT2D eigenvalue weighted by Crippen LogP contribution is -2.24. The van der Waals surface area contributed by atoms with Gasteiger partial charge in [-0.15, -0.1) is 11.3 Å². The molecule has 2 aromatic rings. The number of nitrogens with zero attached hydrogens (tertiary/aromatic N) is 1. The molecule has 4 nitrogen and oxygen atoms in total. The summed E-state index contributed by atoms with van der Waals surface area (Å²) >= 11 is 5.00. The van der Waals surface area contributed by atoms with Crippen molar-refractivity contribution in [2.75, 3.05) is 6.61 Å². The Hall–Kier alpha value is -1.66. The van der Waals surface area contributed by atoms with Crippen molar-refractivity contribution in [2.45, 2.75) is 13.8 Å². The highest BCUT2D eigenvalue weighted by Gasteiger charge is 2.04. The Morgan fingerprint density at radius 2 is 2.19 bits per heavy atom. The number of nitrogens with one attached hydrogen (secondary N) is 1. The van der Waals surface area contributed by atoms with Gasteiger partial charge in [0.1, 0.15) is 5.75 Å². The smallest absolute Gasteiger partial charge is 0.277 e. The number of rotatable bonds is 5. The number of amides is 1. The first kappa shape index (κ1) is 15.7. The van der Waals surface area contributed by atoms with E-state index in [1.165, 1.54) is 4.88 Å². The van der Waals surface area contributed by atoms with E-state index in [2.05, 4.69) is 26.5 Å². The number of carbonyl (C=O) groups is 1. The molecule has 0 atom stereocenters. The lowest BCUT2D eigenvalue weighted by atomic mass is 10.2. The Morgan fingerprint density at radius 3 is 2.86 bits per heavy atom. The molecule has 1 aromatic carbocycles. The van der Waals surface area contributed by atoms with Gasteiger partial charge in [-0.25, -0.2) is 5.43 Å². The van der Waals surface area contributed by atoms with Crippen LogP contribution < -0.4 is 10.2 Å². The molecule has 0 aliphatic rings. The number of halogens is 1. The Balaban J connectivity index is 1.81. The maximum absolute atomic E-state index is 11.6. The SMILES string of the molecule is Cc1ccc(/C=N/NC(=O)COc2ccc(Br)cc2C)s1. The number of benzene rings is 1. The summed E-state index contributed by atoms with van der Waals surface area (Å²) in [6.07, 6.45) is 1.63.